The van der Waals surface area contributed by atoms with Crippen molar-refractivity contribution in [2.75, 3.05) is 19.6 Å². The molecule has 2 N–H and O–H groups in total. The molecule has 3 heterocycles. The number of hydrogen-bond acceptors (Lipinski definition) is 4. The predicted molar refractivity (Wildman–Crippen MR) is 102 cm³/mol. The van der Waals surface area contributed by atoms with E-state index in [0.29, 0.717) is 5.69 Å². The maximum absolute atomic E-state index is 12.6. The van der Waals surface area contributed by atoms with Gasteiger partial charge in [-0.1, -0.05) is 18.2 Å². The molecule has 5 rings (SSSR count). The molecular weight excluding hydrogens is 340 g/mol. The number of amides is 1. The van der Waals surface area contributed by atoms with Gasteiger partial charge >= 0.3 is 0 Å². The van der Waals surface area contributed by atoms with Gasteiger partial charge in [-0.05, 0) is 37.7 Å². The molecule has 0 radical (unpaired) electrons. The van der Waals surface area contributed by atoms with E-state index < -0.39 is 0 Å². The molecule has 2 aromatic rings. The molecule has 0 bridgehead atoms. The highest BCUT2D eigenvalue weighted by molar-refractivity contribution is 5.92. The number of fused-ring (bicyclic) bond motifs is 1. The maximum Gasteiger partial charge on any atom is 0.269 e. The van der Waals surface area contributed by atoms with Crippen molar-refractivity contribution in [3.63, 3.8) is 0 Å². The summed E-state index contributed by atoms with van der Waals surface area (Å²) in [7, 11) is 0. The number of imidazole rings is 1. The Kier molecular flexibility index (Phi) is 4.16. The Balaban J connectivity index is 1.34. The van der Waals surface area contributed by atoms with Crippen molar-refractivity contribution in [3.05, 3.63) is 48.0 Å². The fourth-order valence-electron chi connectivity index (χ4n) is 4.48. The molecule has 6 nitrogen and oxygen atoms in total. The number of ether oxygens (including phenoxy) is 1. The summed E-state index contributed by atoms with van der Waals surface area (Å²) in [5.74, 6) is 1.72. The second-order valence-electron chi connectivity index (χ2n) is 8.26. The molecule has 1 aliphatic carbocycles. The fraction of sp³-hybridized carbons (Fsp3) is 0.524. The molecule has 142 valence electrons. The molecule has 1 amide bonds. The minimum Gasteiger partial charge on any atom is -0.487 e. The van der Waals surface area contributed by atoms with E-state index in [-0.39, 0.29) is 17.6 Å². The number of rotatable bonds is 4. The van der Waals surface area contributed by atoms with Crippen molar-refractivity contribution in [1.82, 2.24) is 20.2 Å². The molecule has 1 aromatic carbocycles. The highest BCUT2D eigenvalue weighted by Gasteiger charge is 2.44. The lowest BCUT2D eigenvalue weighted by Gasteiger charge is -2.47. The van der Waals surface area contributed by atoms with Crippen LogP contribution in [0.15, 0.2) is 36.8 Å². The first kappa shape index (κ1) is 16.8. The number of nitrogens with zero attached hydrogens (tertiary/aromatic N) is 2. The van der Waals surface area contributed by atoms with Gasteiger partial charge in [-0.25, -0.2) is 4.98 Å². The number of likely N-dealkylation sites (tertiary alicyclic amines) is 1. The Morgan fingerprint density at radius 1 is 1.30 bits per heavy atom. The molecule has 1 saturated heterocycles. The summed E-state index contributed by atoms with van der Waals surface area (Å²) in [4.78, 5) is 22.0. The summed E-state index contributed by atoms with van der Waals surface area (Å²) in [5.41, 5.74) is 1.38. The molecule has 2 fully saturated rings. The van der Waals surface area contributed by atoms with Crippen molar-refractivity contribution < 1.29 is 9.53 Å². The van der Waals surface area contributed by atoms with Crippen LogP contribution in [0.2, 0.25) is 0 Å². The van der Waals surface area contributed by atoms with Crippen LogP contribution in [0.4, 0.5) is 0 Å². The third kappa shape index (κ3) is 3.46. The molecule has 1 saturated carbocycles. The predicted octanol–water partition coefficient (Wildman–Crippen LogP) is 2.91. The summed E-state index contributed by atoms with van der Waals surface area (Å²) in [6, 6.07) is 8.06. The molecule has 6 heteroatoms. The quantitative estimate of drug-likeness (QED) is 0.873. The van der Waals surface area contributed by atoms with Gasteiger partial charge in [0.15, 0.2) is 0 Å². The van der Waals surface area contributed by atoms with Gasteiger partial charge in [0.25, 0.3) is 5.91 Å². The minimum absolute atomic E-state index is 0.0410. The van der Waals surface area contributed by atoms with Gasteiger partial charge in [0.05, 0.1) is 18.6 Å². The number of aromatic nitrogens is 2. The second-order valence-corrected chi connectivity index (χ2v) is 8.26. The Morgan fingerprint density at radius 3 is 2.85 bits per heavy atom. The van der Waals surface area contributed by atoms with E-state index >= 15 is 0 Å². The highest BCUT2D eigenvalue weighted by atomic mass is 16.5. The average Bonchev–Trinajstić information content (AvgIpc) is 3.32. The largest absolute Gasteiger partial charge is 0.487 e. The Hall–Kier alpha value is -2.34. The SMILES string of the molecule is O=C(NC1CC2(CCN(CC3CC3)CC2)Oc2ccccc21)c1cnc[nH]1. The lowest BCUT2D eigenvalue weighted by Crippen LogP contribution is -2.52. The third-order valence-corrected chi connectivity index (χ3v) is 6.23. The van der Waals surface area contributed by atoms with Crippen LogP contribution in [0.25, 0.3) is 0 Å². The van der Waals surface area contributed by atoms with E-state index in [4.69, 9.17) is 4.74 Å². The fourth-order valence-corrected chi connectivity index (χ4v) is 4.48. The van der Waals surface area contributed by atoms with Gasteiger partial charge in [-0.15, -0.1) is 0 Å². The zero-order valence-electron chi connectivity index (χ0n) is 15.5. The van der Waals surface area contributed by atoms with Crippen molar-refractivity contribution in [2.45, 2.75) is 43.7 Å². The standard InChI is InChI=1S/C21H26N4O2/c26-20(18-12-22-14-23-18)24-17-11-21(27-19-4-2-1-3-16(17)19)7-9-25(10-8-21)13-15-5-6-15/h1-4,12,14-15,17H,5-11,13H2,(H,22,23)(H,24,26). The van der Waals surface area contributed by atoms with Gasteiger partial charge in [0, 0.05) is 31.6 Å². The van der Waals surface area contributed by atoms with E-state index in [9.17, 15) is 4.79 Å². The summed E-state index contributed by atoms with van der Waals surface area (Å²) < 4.78 is 6.53. The molecule has 3 aliphatic rings. The average molecular weight is 366 g/mol. The first-order valence-corrected chi connectivity index (χ1v) is 10.0. The van der Waals surface area contributed by atoms with Crippen molar-refractivity contribution >= 4 is 5.91 Å². The summed E-state index contributed by atoms with van der Waals surface area (Å²) in [6.45, 7) is 3.41. The molecule has 1 aromatic heterocycles. The van der Waals surface area contributed by atoms with Crippen LogP contribution >= 0.6 is 0 Å². The van der Waals surface area contributed by atoms with Gasteiger partial charge in [-0.3, -0.25) is 4.79 Å². The first-order chi connectivity index (χ1) is 13.2. The van der Waals surface area contributed by atoms with Crippen molar-refractivity contribution in [1.29, 1.82) is 0 Å². The van der Waals surface area contributed by atoms with Gasteiger partial charge in [0.1, 0.15) is 17.0 Å². The first-order valence-electron chi connectivity index (χ1n) is 10.0. The number of H-pyrrole nitrogens is 1. The monoisotopic (exact) mass is 366 g/mol. The van der Waals surface area contributed by atoms with E-state index in [0.717, 1.165) is 49.6 Å². The van der Waals surface area contributed by atoms with E-state index in [1.165, 1.54) is 25.7 Å². The zero-order valence-corrected chi connectivity index (χ0v) is 15.5. The smallest absolute Gasteiger partial charge is 0.269 e. The van der Waals surface area contributed by atoms with Crippen molar-refractivity contribution in [3.8, 4) is 5.75 Å². The van der Waals surface area contributed by atoms with Crippen LogP contribution in [0, 0.1) is 5.92 Å². The van der Waals surface area contributed by atoms with Crippen LogP contribution in [0.5, 0.6) is 5.75 Å². The minimum atomic E-state index is -0.180. The topological polar surface area (TPSA) is 70.2 Å². The molecule has 1 spiro atoms. The highest BCUT2D eigenvalue weighted by Crippen LogP contribution is 2.44. The van der Waals surface area contributed by atoms with Gasteiger partial charge in [-0.2, -0.15) is 0 Å². The number of nitrogens with one attached hydrogen (secondary N) is 2. The number of hydrogen-bond donors (Lipinski definition) is 2. The number of piperidine rings is 1. The molecule has 27 heavy (non-hydrogen) atoms. The normalized spacial score (nSPS) is 24.2. The zero-order chi connectivity index (χ0) is 18.3. The van der Waals surface area contributed by atoms with E-state index in [1.54, 1.807) is 6.20 Å². The molecule has 2 aliphatic heterocycles. The van der Waals surface area contributed by atoms with Crippen LogP contribution in [-0.2, 0) is 0 Å². The lowest BCUT2D eigenvalue weighted by atomic mass is 9.80. The number of aromatic amines is 1. The number of benzene rings is 1. The molecular formula is C21H26N4O2. The van der Waals surface area contributed by atoms with Crippen LogP contribution in [0.3, 0.4) is 0 Å². The summed E-state index contributed by atoms with van der Waals surface area (Å²) in [5, 5.41) is 3.20. The van der Waals surface area contributed by atoms with Crippen molar-refractivity contribution in [2.24, 2.45) is 5.92 Å². The van der Waals surface area contributed by atoms with Crippen LogP contribution in [-0.4, -0.2) is 46.0 Å². The third-order valence-electron chi connectivity index (χ3n) is 6.23. The summed E-state index contributed by atoms with van der Waals surface area (Å²) in [6.07, 6.45) is 8.74. The summed E-state index contributed by atoms with van der Waals surface area (Å²) >= 11 is 0. The molecule has 1 unspecified atom stereocenters. The van der Waals surface area contributed by atoms with Gasteiger partial charge < -0.3 is 19.9 Å². The molecule has 1 atom stereocenters. The Bertz CT molecular complexity index is 807. The number of carbonyl (C=O) groups excluding carboxylic acids is 1. The second kappa shape index (κ2) is 6.68. The maximum atomic E-state index is 12.6. The Labute approximate surface area is 159 Å². The Morgan fingerprint density at radius 2 is 2.11 bits per heavy atom. The number of para-hydroxylation sites is 1. The van der Waals surface area contributed by atoms with Crippen LogP contribution in [0.1, 0.15) is 54.2 Å². The van der Waals surface area contributed by atoms with E-state index in [1.807, 2.05) is 18.2 Å². The van der Waals surface area contributed by atoms with E-state index in [2.05, 4.69) is 26.3 Å². The lowest BCUT2D eigenvalue weighted by molar-refractivity contribution is -0.0254. The number of carbonyl (C=O) groups is 1. The van der Waals surface area contributed by atoms with Crippen LogP contribution < -0.4 is 10.1 Å². The van der Waals surface area contributed by atoms with Gasteiger partial charge in [0.2, 0.25) is 0 Å².